The van der Waals surface area contributed by atoms with Gasteiger partial charge in [0.15, 0.2) is 0 Å². The van der Waals surface area contributed by atoms with Gasteiger partial charge in [-0.25, -0.2) is 19.8 Å². The molecule has 8 nitrogen and oxygen atoms in total. The molecule has 1 rings (SSSR count). The van der Waals surface area contributed by atoms with Crippen LogP contribution in [0.4, 0.5) is 16.2 Å². The number of anilines is 2. The average Bonchev–Trinajstić information content (AvgIpc) is 2.48. The number of amides is 2. The molecule has 0 aliphatic heterocycles. The largest absolute Gasteiger partial charge is 0.435 e. The first-order valence-corrected chi connectivity index (χ1v) is 8.02. The Balaban J connectivity index is 2.67. The maximum Gasteiger partial charge on any atom is 0.435 e. The van der Waals surface area contributed by atoms with E-state index in [1.54, 1.807) is 12.1 Å². The van der Waals surface area contributed by atoms with Crippen molar-refractivity contribution in [3.05, 3.63) is 24.3 Å². The van der Waals surface area contributed by atoms with E-state index in [9.17, 15) is 9.36 Å². The molecular formula is C13H22N4O4P+. The molecule has 122 valence electrons. The van der Waals surface area contributed by atoms with E-state index < -0.39 is 13.8 Å². The molecule has 0 fully saturated rings. The second kappa shape index (κ2) is 7.93. The van der Waals surface area contributed by atoms with Gasteiger partial charge in [0.2, 0.25) is 5.84 Å². The van der Waals surface area contributed by atoms with Crippen LogP contribution in [0.2, 0.25) is 0 Å². The average molecular weight is 329 g/mol. The van der Waals surface area contributed by atoms with E-state index in [2.05, 4.69) is 24.8 Å². The number of benzene rings is 1. The van der Waals surface area contributed by atoms with Crippen LogP contribution < -0.4 is 15.7 Å². The lowest BCUT2D eigenvalue weighted by atomic mass is 10.3. The molecule has 2 amide bonds. The third-order valence-corrected chi connectivity index (χ3v) is 4.30. The molecule has 0 aliphatic carbocycles. The zero-order valence-electron chi connectivity index (χ0n) is 13.3. The number of rotatable bonds is 5. The van der Waals surface area contributed by atoms with Crippen LogP contribution in [0.5, 0.6) is 0 Å². The number of carbonyl (C=O) groups excluding carboxylic acids is 1. The first-order chi connectivity index (χ1) is 10.3. The highest BCUT2D eigenvalue weighted by Crippen LogP contribution is 2.41. The number of hydrogen-bond acceptors (Lipinski definition) is 4. The summed E-state index contributed by atoms with van der Waals surface area (Å²) in [5.41, 5.74) is 1.43. The molecule has 0 spiro atoms. The lowest BCUT2D eigenvalue weighted by Crippen LogP contribution is -2.27. The monoisotopic (exact) mass is 329 g/mol. The fourth-order valence-electron chi connectivity index (χ4n) is 1.41. The van der Waals surface area contributed by atoms with Crippen molar-refractivity contribution in [1.82, 2.24) is 5.09 Å². The van der Waals surface area contributed by atoms with Crippen molar-refractivity contribution in [1.29, 1.82) is 0 Å². The maximum absolute atomic E-state index is 11.8. The van der Waals surface area contributed by atoms with Crippen LogP contribution in [0.25, 0.3) is 0 Å². The predicted molar refractivity (Wildman–Crippen MR) is 86.6 cm³/mol. The van der Waals surface area contributed by atoms with E-state index in [0.29, 0.717) is 5.69 Å². The van der Waals surface area contributed by atoms with Gasteiger partial charge in [0.1, 0.15) is 5.69 Å². The molecule has 0 bridgehead atoms. The highest BCUT2D eigenvalue weighted by Gasteiger charge is 2.24. The van der Waals surface area contributed by atoms with Crippen LogP contribution in [0.1, 0.15) is 6.92 Å². The van der Waals surface area contributed by atoms with Crippen LogP contribution in [0, 0.1) is 0 Å². The predicted octanol–water partition coefficient (Wildman–Crippen LogP) is 2.31. The Morgan fingerprint density at radius 1 is 1.05 bits per heavy atom. The van der Waals surface area contributed by atoms with Crippen LogP contribution in [0.3, 0.4) is 0 Å². The fourth-order valence-corrected chi connectivity index (χ4v) is 2.04. The van der Waals surface area contributed by atoms with Crippen LogP contribution in [-0.2, 0) is 13.6 Å². The molecule has 0 aromatic heterocycles. The number of carbonyl (C=O) groups is 1. The zero-order valence-corrected chi connectivity index (χ0v) is 14.2. The molecule has 1 aromatic rings. The molecule has 0 aliphatic rings. The van der Waals surface area contributed by atoms with Crippen LogP contribution in [0.15, 0.2) is 24.3 Å². The van der Waals surface area contributed by atoms with Gasteiger partial charge in [0.05, 0.1) is 14.1 Å². The summed E-state index contributed by atoms with van der Waals surface area (Å²) in [6.07, 6.45) is 0. The Morgan fingerprint density at radius 3 is 1.91 bits per heavy atom. The minimum absolute atomic E-state index is 0.546. The van der Waals surface area contributed by atoms with E-state index in [0.717, 1.165) is 11.5 Å². The number of hydrogen-bond donors (Lipinski definition) is 3. The van der Waals surface area contributed by atoms with Gasteiger partial charge in [-0.05, 0) is 24.3 Å². The number of amidine groups is 1. The lowest BCUT2D eigenvalue weighted by Gasteiger charge is -2.14. The summed E-state index contributed by atoms with van der Waals surface area (Å²) >= 11 is 0. The second-order valence-electron chi connectivity index (χ2n) is 4.61. The molecule has 0 unspecified atom stereocenters. The summed E-state index contributed by atoms with van der Waals surface area (Å²) < 4.78 is 23.0. The minimum Gasteiger partial charge on any atom is -0.308 e. The first-order valence-electron chi connectivity index (χ1n) is 6.48. The molecule has 0 saturated carbocycles. The molecular weight excluding hydrogens is 307 g/mol. The van der Waals surface area contributed by atoms with Crippen LogP contribution >= 0.6 is 7.75 Å². The molecule has 0 radical (unpaired) electrons. The summed E-state index contributed by atoms with van der Waals surface area (Å²) in [7, 11) is 2.66. The number of nitrogens with zero attached hydrogens (tertiary/aromatic N) is 1. The van der Waals surface area contributed by atoms with Crippen molar-refractivity contribution in [3.8, 4) is 0 Å². The topological polar surface area (TPSA) is 91.7 Å². The van der Waals surface area contributed by atoms with Crippen molar-refractivity contribution in [2.24, 2.45) is 0 Å². The number of urea groups is 1. The van der Waals surface area contributed by atoms with Gasteiger partial charge in [-0.3, -0.25) is 13.6 Å². The van der Waals surface area contributed by atoms with E-state index in [4.69, 9.17) is 0 Å². The summed E-state index contributed by atoms with van der Waals surface area (Å²) in [4.78, 5) is 11.7. The molecule has 0 heterocycles. The molecule has 1 aromatic carbocycles. The Kier molecular flexibility index (Phi) is 6.55. The number of nitrogens with one attached hydrogen (secondary N) is 3. The Hall–Kier alpha value is -1.89. The summed E-state index contributed by atoms with van der Waals surface area (Å²) in [6, 6.07) is 6.39. The standard InChI is InChI=1S/C13H21N4O4P/c1-10(17(2)3)14-11-6-8-12(9-7-11)15-13(18)16-22(19,20-4)21-5/h6-9H,1-5H3,(H2,15,16,18,19)/p+1. The molecule has 22 heavy (non-hydrogen) atoms. The summed E-state index contributed by atoms with van der Waals surface area (Å²) in [5.74, 6) is 0.986. The lowest BCUT2D eigenvalue weighted by molar-refractivity contribution is -0.464. The maximum atomic E-state index is 11.8. The van der Waals surface area contributed by atoms with Gasteiger partial charge in [0, 0.05) is 26.8 Å². The quantitative estimate of drug-likeness (QED) is 0.334. The van der Waals surface area contributed by atoms with Gasteiger partial charge in [0.25, 0.3) is 0 Å². The van der Waals surface area contributed by atoms with Crippen molar-refractivity contribution >= 4 is 31.0 Å². The van der Waals surface area contributed by atoms with Crippen molar-refractivity contribution < 1.29 is 23.0 Å². The van der Waals surface area contributed by atoms with Crippen molar-refractivity contribution in [2.45, 2.75) is 6.92 Å². The van der Waals surface area contributed by atoms with Gasteiger partial charge >= 0.3 is 13.8 Å². The van der Waals surface area contributed by atoms with Crippen molar-refractivity contribution in [3.63, 3.8) is 0 Å². The van der Waals surface area contributed by atoms with E-state index in [1.807, 2.05) is 37.7 Å². The minimum atomic E-state index is -3.60. The van der Waals surface area contributed by atoms with Gasteiger partial charge in [-0.1, -0.05) is 0 Å². The van der Waals surface area contributed by atoms with E-state index in [-0.39, 0.29) is 0 Å². The molecule has 0 saturated heterocycles. The third-order valence-electron chi connectivity index (χ3n) is 2.86. The SMILES string of the molecule is COP(=O)(NC(=O)Nc1ccc(NC(C)=[N+](C)C)cc1)OC. The Bertz CT molecular complexity index is 589. The van der Waals surface area contributed by atoms with Crippen LogP contribution in [-0.4, -0.2) is 44.8 Å². The zero-order chi connectivity index (χ0) is 16.8. The highest BCUT2D eigenvalue weighted by molar-refractivity contribution is 7.52. The van der Waals surface area contributed by atoms with E-state index in [1.165, 1.54) is 14.2 Å². The second-order valence-corrected chi connectivity index (χ2v) is 6.56. The molecule has 0 atom stereocenters. The highest BCUT2D eigenvalue weighted by atomic mass is 31.2. The Morgan fingerprint density at radius 2 is 1.50 bits per heavy atom. The smallest absolute Gasteiger partial charge is 0.308 e. The van der Waals surface area contributed by atoms with Crippen molar-refractivity contribution in [2.75, 3.05) is 38.9 Å². The molecule has 9 heteroatoms. The summed E-state index contributed by atoms with van der Waals surface area (Å²) in [5, 5.41) is 7.89. The first kappa shape index (κ1) is 18.2. The fraction of sp³-hybridized carbons (Fsp3) is 0.385. The Labute approximate surface area is 130 Å². The third kappa shape index (κ3) is 5.48. The van der Waals surface area contributed by atoms with Gasteiger partial charge in [-0.2, -0.15) is 0 Å². The molecule has 3 N–H and O–H groups in total. The van der Waals surface area contributed by atoms with E-state index >= 15 is 0 Å². The van der Waals surface area contributed by atoms with Gasteiger partial charge < -0.3 is 5.32 Å². The summed E-state index contributed by atoms with van der Waals surface area (Å²) in [6.45, 7) is 1.95. The van der Waals surface area contributed by atoms with Gasteiger partial charge in [-0.15, -0.1) is 0 Å². The normalized spacial score (nSPS) is 10.8.